The number of methoxy groups -OCH3 is 1. The molecular formula is C10H13N5O3. The average molecular weight is 251 g/mol. The molecule has 2 rings (SSSR count). The lowest BCUT2D eigenvalue weighted by molar-refractivity contribution is -0.485. The summed E-state index contributed by atoms with van der Waals surface area (Å²) in [6.07, 6.45) is 1.68. The normalized spacial score (nSPS) is 16.7. The van der Waals surface area contributed by atoms with Crippen LogP contribution in [-0.4, -0.2) is 41.1 Å². The lowest BCUT2D eigenvalue weighted by Crippen LogP contribution is -2.30. The topological polar surface area (TPSA) is 92.9 Å². The van der Waals surface area contributed by atoms with Crippen molar-refractivity contribution >= 4 is 5.96 Å². The van der Waals surface area contributed by atoms with E-state index in [9.17, 15) is 10.1 Å². The second-order valence-corrected chi connectivity index (χ2v) is 3.72. The molecule has 1 saturated heterocycles. The highest BCUT2D eigenvalue weighted by Crippen LogP contribution is 2.10. The van der Waals surface area contributed by atoms with Crippen LogP contribution in [-0.2, 0) is 6.54 Å². The van der Waals surface area contributed by atoms with Gasteiger partial charge in [0.05, 0.1) is 7.11 Å². The molecule has 1 N–H and O–H groups in total. The van der Waals surface area contributed by atoms with Crippen LogP contribution in [0.5, 0.6) is 5.88 Å². The van der Waals surface area contributed by atoms with Gasteiger partial charge in [0.25, 0.3) is 5.96 Å². The molecular weight excluding hydrogens is 238 g/mol. The molecule has 0 bridgehead atoms. The maximum atomic E-state index is 10.4. The van der Waals surface area contributed by atoms with Gasteiger partial charge in [0.2, 0.25) is 5.88 Å². The summed E-state index contributed by atoms with van der Waals surface area (Å²) in [5, 5.41) is 15.8. The molecule has 0 saturated carbocycles. The summed E-state index contributed by atoms with van der Waals surface area (Å²) in [7, 11) is 1.55. The predicted octanol–water partition coefficient (Wildman–Crippen LogP) is 0.0431. The van der Waals surface area contributed by atoms with Crippen molar-refractivity contribution in [3.05, 3.63) is 34.0 Å². The smallest absolute Gasteiger partial charge is 0.271 e. The Hall–Kier alpha value is -2.38. The molecule has 0 spiro atoms. The summed E-state index contributed by atoms with van der Waals surface area (Å²) in [5.41, 5.74) is 0.940. The van der Waals surface area contributed by atoms with E-state index in [4.69, 9.17) is 4.74 Å². The van der Waals surface area contributed by atoms with E-state index in [1.54, 1.807) is 24.3 Å². The fraction of sp³-hybridized carbons (Fsp3) is 0.400. The summed E-state index contributed by atoms with van der Waals surface area (Å²) in [6, 6.07) is 3.62. The Labute approximate surface area is 103 Å². The van der Waals surface area contributed by atoms with Crippen molar-refractivity contribution in [2.24, 2.45) is 5.10 Å². The van der Waals surface area contributed by atoms with Gasteiger partial charge < -0.3 is 15.0 Å². The molecule has 96 valence electrons. The SMILES string of the molecule is COc1ccc(CN2CCNC2=N[N+](=O)[O-])cn1. The van der Waals surface area contributed by atoms with Crippen molar-refractivity contribution in [3.8, 4) is 5.88 Å². The van der Waals surface area contributed by atoms with Crippen LogP contribution in [0.15, 0.2) is 23.4 Å². The Bertz CT molecular complexity index is 459. The van der Waals surface area contributed by atoms with E-state index < -0.39 is 5.03 Å². The standard InChI is InChI=1S/C10H13N5O3/c1-18-9-3-2-8(6-12-9)7-14-5-4-11-10(14)13-15(16)17/h2-3,6H,4-5,7H2,1H3,(H,11,13). The Morgan fingerprint density at radius 3 is 3.11 bits per heavy atom. The van der Waals surface area contributed by atoms with Crippen molar-refractivity contribution in [2.75, 3.05) is 20.2 Å². The largest absolute Gasteiger partial charge is 0.481 e. The highest BCUT2D eigenvalue weighted by molar-refractivity contribution is 5.81. The number of nitrogens with one attached hydrogen (secondary N) is 1. The van der Waals surface area contributed by atoms with E-state index in [2.05, 4.69) is 15.4 Å². The number of hydrazone groups is 1. The molecule has 1 aliphatic rings. The number of nitro groups is 1. The Balaban J connectivity index is 2.05. The summed E-state index contributed by atoms with van der Waals surface area (Å²) < 4.78 is 4.96. The second kappa shape index (κ2) is 5.30. The Morgan fingerprint density at radius 2 is 2.50 bits per heavy atom. The van der Waals surface area contributed by atoms with E-state index in [1.807, 2.05) is 6.07 Å². The molecule has 0 atom stereocenters. The molecule has 8 heteroatoms. The third-order valence-electron chi connectivity index (χ3n) is 2.52. The lowest BCUT2D eigenvalue weighted by Gasteiger charge is -2.15. The summed E-state index contributed by atoms with van der Waals surface area (Å²) >= 11 is 0. The van der Waals surface area contributed by atoms with Crippen LogP contribution in [0.1, 0.15) is 5.56 Å². The molecule has 0 aliphatic carbocycles. The molecule has 0 unspecified atom stereocenters. The van der Waals surface area contributed by atoms with Gasteiger partial charge in [0.1, 0.15) is 5.10 Å². The molecule has 1 aliphatic heterocycles. The van der Waals surface area contributed by atoms with Gasteiger partial charge in [0, 0.05) is 31.9 Å². The van der Waals surface area contributed by atoms with Crippen LogP contribution >= 0.6 is 0 Å². The third kappa shape index (κ3) is 2.84. The third-order valence-corrected chi connectivity index (χ3v) is 2.52. The summed E-state index contributed by atoms with van der Waals surface area (Å²) in [6.45, 7) is 1.85. The number of hydrogen-bond donors (Lipinski definition) is 1. The zero-order valence-corrected chi connectivity index (χ0v) is 9.87. The van der Waals surface area contributed by atoms with Gasteiger partial charge in [0.15, 0.2) is 5.03 Å². The van der Waals surface area contributed by atoms with E-state index in [0.29, 0.717) is 25.5 Å². The molecule has 8 nitrogen and oxygen atoms in total. The molecule has 1 fully saturated rings. The quantitative estimate of drug-likeness (QED) is 0.600. The minimum Gasteiger partial charge on any atom is -0.481 e. The van der Waals surface area contributed by atoms with Crippen LogP contribution in [0, 0.1) is 10.1 Å². The van der Waals surface area contributed by atoms with Crippen molar-refractivity contribution in [1.82, 2.24) is 15.2 Å². The maximum Gasteiger partial charge on any atom is 0.271 e. The molecule has 2 heterocycles. The highest BCUT2D eigenvalue weighted by atomic mass is 16.7. The highest BCUT2D eigenvalue weighted by Gasteiger charge is 2.21. The number of ether oxygens (including phenoxy) is 1. The second-order valence-electron chi connectivity index (χ2n) is 3.72. The lowest BCUT2D eigenvalue weighted by atomic mass is 10.2. The van der Waals surface area contributed by atoms with Crippen molar-refractivity contribution < 1.29 is 9.77 Å². The van der Waals surface area contributed by atoms with Gasteiger partial charge in [-0.3, -0.25) is 0 Å². The maximum absolute atomic E-state index is 10.4. The van der Waals surface area contributed by atoms with Crippen molar-refractivity contribution in [2.45, 2.75) is 6.54 Å². The first-order valence-corrected chi connectivity index (χ1v) is 5.40. The van der Waals surface area contributed by atoms with Gasteiger partial charge in [-0.2, -0.15) is 0 Å². The Kier molecular flexibility index (Phi) is 3.56. The molecule has 0 aromatic carbocycles. The average Bonchev–Trinajstić information content (AvgIpc) is 2.77. The first-order chi connectivity index (χ1) is 8.69. The molecule has 1 aromatic heterocycles. The van der Waals surface area contributed by atoms with E-state index in [-0.39, 0.29) is 5.96 Å². The number of pyridine rings is 1. The Morgan fingerprint density at radius 1 is 1.67 bits per heavy atom. The zero-order chi connectivity index (χ0) is 13.0. The number of rotatable bonds is 4. The van der Waals surface area contributed by atoms with Crippen LogP contribution < -0.4 is 10.1 Å². The summed E-state index contributed by atoms with van der Waals surface area (Å²) in [4.78, 5) is 16.2. The van der Waals surface area contributed by atoms with Gasteiger partial charge in [-0.25, -0.2) is 15.1 Å². The zero-order valence-electron chi connectivity index (χ0n) is 9.87. The van der Waals surface area contributed by atoms with Crippen molar-refractivity contribution in [3.63, 3.8) is 0 Å². The number of guanidine groups is 1. The van der Waals surface area contributed by atoms with E-state index >= 15 is 0 Å². The molecule has 0 amide bonds. The minimum absolute atomic E-state index is 0.288. The van der Waals surface area contributed by atoms with E-state index in [1.165, 1.54) is 0 Å². The van der Waals surface area contributed by atoms with Gasteiger partial charge in [-0.15, -0.1) is 0 Å². The van der Waals surface area contributed by atoms with Crippen LogP contribution in [0.4, 0.5) is 0 Å². The minimum atomic E-state index is -0.701. The fourth-order valence-corrected chi connectivity index (χ4v) is 1.70. The van der Waals surface area contributed by atoms with Crippen LogP contribution in [0.2, 0.25) is 0 Å². The predicted molar refractivity (Wildman–Crippen MR) is 63.6 cm³/mol. The summed E-state index contributed by atoms with van der Waals surface area (Å²) in [5.74, 6) is 0.827. The van der Waals surface area contributed by atoms with E-state index in [0.717, 1.165) is 5.56 Å². The molecule has 1 aromatic rings. The fourth-order valence-electron chi connectivity index (χ4n) is 1.70. The number of aromatic nitrogens is 1. The molecule has 0 radical (unpaired) electrons. The van der Waals surface area contributed by atoms with Gasteiger partial charge >= 0.3 is 0 Å². The number of nitrogens with zero attached hydrogens (tertiary/aromatic N) is 4. The monoisotopic (exact) mass is 251 g/mol. The van der Waals surface area contributed by atoms with Crippen LogP contribution in [0.25, 0.3) is 0 Å². The van der Waals surface area contributed by atoms with Crippen molar-refractivity contribution in [1.29, 1.82) is 0 Å². The van der Waals surface area contributed by atoms with Crippen LogP contribution in [0.3, 0.4) is 0 Å². The first-order valence-electron chi connectivity index (χ1n) is 5.40. The number of hydrogen-bond acceptors (Lipinski definition) is 4. The first kappa shape index (κ1) is 12.1. The van der Waals surface area contributed by atoms with Gasteiger partial charge in [-0.1, -0.05) is 6.07 Å². The molecule has 18 heavy (non-hydrogen) atoms. The van der Waals surface area contributed by atoms with Gasteiger partial charge in [-0.05, 0) is 5.56 Å².